The van der Waals surface area contributed by atoms with Gasteiger partial charge in [-0.3, -0.25) is 28.8 Å². The molecule has 17 heteroatoms. The number of unbranched alkanes of at least 4 members (excludes halogenated alkanes) is 17. The zero-order valence-electron chi connectivity index (χ0n) is 62.6. The van der Waals surface area contributed by atoms with Crippen molar-refractivity contribution in [1.29, 1.82) is 0 Å². The molecule has 0 radical (unpaired) electrons. The van der Waals surface area contributed by atoms with Gasteiger partial charge >= 0.3 is 0 Å². The number of nitrogens with zero attached hydrogens (tertiary/aromatic N) is 5. The minimum absolute atomic E-state index is 0.0132. The number of ether oxygens (including phenoxy) is 2. The maximum absolute atomic E-state index is 12.4. The monoisotopic (exact) mass is 1270 g/mol. The molecule has 0 aromatic carbocycles. The summed E-state index contributed by atoms with van der Waals surface area (Å²) >= 11 is 0. The van der Waals surface area contributed by atoms with Crippen LogP contribution in [0.15, 0.2) is 0 Å². The molecule has 6 amide bonds. The van der Waals surface area contributed by atoms with E-state index in [4.69, 9.17) is 19.7 Å². The molecule has 0 aliphatic heterocycles. The minimum atomic E-state index is -0.394. The number of carbonyl (C=O) groups excluding carboxylic acids is 6. The summed E-state index contributed by atoms with van der Waals surface area (Å²) < 4.78 is 10.6. The van der Waals surface area contributed by atoms with Crippen molar-refractivity contribution in [2.24, 2.45) is 0 Å². The largest absolute Gasteiger partial charge is 0.394 e. The molecule has 0 saturated carbocycles. The Morgan fingerprint density at radius 3 is 0.955 bits per heavy atom. The van der Waals surface area contributed by atoms with E-state index >= 15 is 0 Å². The third-order valence-electron chi connectivity index (χ3n) is 15.1. The molecule has 0 saturated heterocycles. The van der Waals surface area contributed by atoms with Gasteiger partial charge in [-0.05, 0) is 136 Å². The molecular formula is C72H148N6O11. The highest BCUT2D eigenvalue weighted by molar-refractivity contribution is 5.78. The molecule has 0 aromatic rings. The van der Waals surface area contributed by atoms with Crippen LogP contribution in [0, 0.1) is 0 Å². The van der Waals surface area contributed by atoms with Crippen LogP contribution in [-0.2, 0) is 38.2 Å². The van der Waals surface area contributed by atoms with E-state index in [0.717, 1.165) is 57.8 Å². The Morgan fingerprint density at radius 2 is 0.697 bits per heavy atom. The van der Waals surface area contributed by atoms with Crippen LogP contribution in [0.4, 0.5) is 0 Å². The molecule has 4 N–H and O–H groups in total. The first kappa shape index (κ1) is 94.3. The zero-order chi connectivity index (χ0) is 69.7. The fourth-order valence-corrected chi connectivity index (χ4v) is 9.50. The summed E-state index contributed by atoms with van der Waals surface area (Å²) in [4.78, 5) is 79.4. The van der Waals surface area contributed by atoms with E-state index in [0.29, 0.717) is 78.4 Å². The van der Waals surface area contributed by atoms with Crippen LogP contribution in [-0.4, -0.2) is 188 Å². The van der Waals surface area contributed by atoms with E-state index in [-0.39, 0.29) is 76.4 Å². The topological polar surface area (TPSA) is 210 Å². The summed E-state index contributed by atoms with van der Waals surface area (Å²) in [6.07, 6.45) is 28.0. The van der Waals surface area contributed by atoms with E-state index in [1.54, 1.807) is 23.6 Å². The smallest absolute Gasteiger partial charge is 0.223 e. The van der Waals surface area contributed by atoms with Crippen molar-refractivity contribution in [3.63, 3.8) is 0 Å². The van der Waals surface area contributed by atoms with Gasteiger partial charge in [0.25, 0.3) is 0 Å². The fraction of sp³-hybridized carbons (Fsp3) is 0.917. The lowest BCUT2D eigenvalue weighted by atomic mass is 10.0. The van der Waals surface area contributed by atoms with Gasteiger partial charge in [0.05, 0.1) is 45.7 Å². The number of hydrogen-bond donors (Lipinski definition) is 4. The van der Waals surface area contributed by atoms with Gasteiger partial charge in [-0.2, -0.15) is 0 Å². The van der Waals surface area contributed by atoms with E-state index in [1.807, 2.05) is 84.1 Å². The first-order chi connectivity index (χ1) is 41.3. The van der Waals surface area contributed by atoms with Crippen molar-refractivity contribution in [2.45, 2.75) is 353 Å². The summed E-state index contributed by atoms with van der Waals surface area (Å²) in [5.41, 5.74) is -0.761. The molecule has 1 unspecified atom stereocenters. The van der Waals surface area contributed by atoms with Crippen LogP contribution in [0.5, 0.6) is 0 Å². The van der Waals surface area contributed by atoms with E-state index in [1.165, 1.54) is 96.8 Å². The van der Waals surface area contributed by atoms with Crippen LogP contribution >= 0.6 is 0 Å². The van der Waals surface area contributed by atoms with Crippen molar-refractivity contribution in [3.05, 3.63) is 0 Å². The lowest BCUT2D eigenvalue weighted by Crippen LogP contribution is -2.48. The quantitative estimate of drug-likeness (QED) is 0.0423. The number of hydrogen-bond acceptors (Lipinski definition) is 11. The number of aliphatic hydroxyl groups is 3. The average molecular weight is 1270 g/mol. The SMILES string of the molecule is CC(=O)N(C)C(C)(C)C.CCCCCCC(O)CN(C(C)=O)C(C)(C)C.CCCCCCCC(=O)N(CCOCCO)C(C)(C)C.CCCCCCCCC(=O)N(CCCNC(C)=O)C(C)(C)C.CCCCCCCCC(=O)N(CCOCCO)C(C)(C)C. The second-order valence-electron chi connectivity index (χ2n) is 28.9. The maximum Gasteiger partial charge on any atom is 0.223 e. The molecule has 1 atom stereocenters. The van der Waals surface area contributed by atoms with Crippen LogP contribution in [0.25, 0.3) is 0 Å². The third-order valence-corrected chi connectivity index (χ3v) is 15.1. The molecule has 89 heavy (non-hydrogen) atoms. The summed E-state index contributed by atoms with van der Waals surface area (Å²) in [5, 5.41) is 30.1. The first-order valence-electron chi connectivity index (χ1n) is 35.0. The van der Waals surface area contributed by atoms with E-state index in [9.17, 15) is 33.9 Å². The van der Waals surface area contributed by atoms with Gasteiger partial charge in [-0.1, -0.05) is 143 Å². The van der Waals surface area contributed by atoms with Gasteiger partial charge in [0.1, 0.15) is 0 Å². The average Bonchev–Trinajstić information content (AvgIpc) is 1.86. The second kappa shape index (κ2) is 56.2. The lowest BCUT2D eigenvalue weighted by molar-refractivity contribution is -0.138. The normalized spacial score (nSPS) is 11.9. The lowest BCUT2D eigenvalue weighted by Gasteiger charge is -2.36. The van der Waals surface area contributed by atoms with E-state index in [2.05, 4.69) is 74.6 Å². The Bertz CT molecular complexity index is 1730. The Kier molecular flexibility index (Phi) is 59.5. The molecule has 0 aliphatic carbocycles. The highest BCUT2D eigenvalue weighted by Gasteiger charge is 2.29. The highest BCUT2D eigenvalue weighted by atomic mass is 16.5. The molecule has 0 bridgehead atoms. The van der Waals surface area contributed by atoms with Crippen LogP contribution in [0.3, 0.4) is 0 Å². The number of nitrogens with one attached hydrogen (secondary N) is 1. The van der Waals surface area contributed by atoms with Crippen molar-refractivity contribution in [2.75, 3.05) is 79.4 Å². The Labute approximate surface area is 549 Å². The van der Waals surface area contributed by atoms with Crippen molar-refractivity contribution >= 4 is 35.4 Å². The summed E-state index contributed by atoms with van der Waals surface area (Å²) in [6, 6.07) is 0. The fourth-order valence-electron chi connectivity index (χ4n) is 9.50. The summed E-state index contributed by atoms with van der Waals surface area (Å²) in [5.74, 6) is 0.798. The van der Waals surface area contributed by atoms with Crippen LogP contribution in [0.2, 0.25) is 0 Å². The molecule has 0 fully saturated rings. The summed E-state index contributed by atoms with van der Waals surface area (Å²) in [7, 11) is 1.81. The number of amides is 6. The van der Waals surface area contributed by atoms with Gasteiger partial charge in [0, 0.05) is 107 Å². The minimum Gasteiger partial charge on any atom is -0.394 e. The van der Waals surface area contributed by atoms with E-state index < -0.39 is 6.10 Å². The van der Waals surface area contributed by atoms with Crippen LogP contribution < -0.4 is 5.32 Å². The van der Waals surface area contributed by atoms with Gasteiger partial charge < -0.3 is 54.6 Å². The van der Waals surface area contributed by atoms with Crippen molar-refractivity contribution < 1.29 is 53.6 Å². The van der Waals surface area contributed by atoms with Crippen LogP contribution in [0.1, 0.15) is 319 Å². The number of rotatable bonds is 41. The molecule has 0 aromatic heterocycles. The molecule has 17 nitrogen and oxygen atoms in total. The highest BCUT2D eigenvalue weighted by Crippen LogP contribution is 2.21. The standard InChI is InChI=1S/C18H36N2O2.C17H35NO3.C16H33NO3.C14H29NO2.C7H15NO/c1-6-7-8-9-10-11-13-17(22)20(18(3,4)5)15-12-14-19-16(2)21;1-5-6-7-8-9-10-11-16(20)18(17(2,3)4)12-14-21-15-13-19;1-5-6-7-8-9-10-15(19)17(16(2,3)4)11-13-20-14-12-18;1-6-7-8-9-10-13(17)11-15(12(2)16)14(3,4)5;1-6(9)8(5)7(2,3)4/h6-15H2,1-5H3,(H,19,21);19H,5-15H2,1-4H3;18H,5-14H2,1-4H3;13,17H,6-11H2,1-5H3;1-5H3. The molecular weight excluding hydrogens is 1120 g/mol. The van der Waals surface area contributed by atoms with Gasteiger partial charge in [-0.15, -0.1) is 0 Å². The van der Waals surface area contributed by atoms with Gasteiger partial charge in [-0.25, -0.2) is 0 Å². The summed E-state index contributed by atoms with van der Waals surface area (Å²) in [6.45, 7) is 48.7. The molecule has 532 valence electrons. The first-order valence-corrected chi connectivity index (χ1v) is 35.0. The predicted octanol–water partition coefficient (Wildman–Crippen LogP) is 14.5. The molecule has 0 rings (SSSR count). The Hall–Kier alpha value is -3.38. The number of aliphatic hydroxyl groups excluding tert-OH is 3. The molecule has 0 spiro atoms. The predicted molar refractivity (Wildman–Crippen MR) is 373 cm³/mol. The maximum atomic E-state index is 12.4. The zero-order valence-corrected chi connectivity index (χ0v) is 62.6. The molecule has 0 heterocycles. The van der Waals surface area contributed by atoms with Crippen molar-refractivity contribution in [1.82, 2.24) is 29.8 Å². The number of β-amino-alcohol motifs (C(OH)–C–C–N with tert-alkyl or cyclic N) is 1. The van der Waals surface area contributed by atoms with Crippen molar-refractivity contribution in [3.8, 4) is 0 Å². The second-order valence-corrected chi connectivity index (χ2v) is 28.9. The Morgan fingerprint density at radius 1 is 0.393 bits per heavy atom. The van der Waals surface area contributed by atoms with Gasteiger partial charge in [0.15, 0.2) is 0 Å². The number of carbonyl (C=O) groups is 6. The van der Waals surface area contributed by atoms with Gasteiger partial charge in [0.2, 0.25) is 35.4 Å². The molecule has 0 aliphatic rings. The Balaban J connectivity index is -0.000000337. The third kappa shape index (κ3) is 59.4.